The van der Waals surface area contributed by atoms with E-state index in [0.717, 1.165) is 59.2 Å². The summed E-state index contributed by atoms with van der Waals surface area (Å²) in [4.78, 5) is 22.2. The van der Waals surface area contributed by atoms with Gasteiger partial charge in [0.1, 0.15) is 30.8 Å². The summed E-state index contributed by atoms with van der Waals surface area (Å²) in [5.41, 5.74) is 8.73. The standard InChI is InChI=1S/C37H39Br2NO6/c1-22(36(41)42)11-12-26-13-15-34(32(38)17-26)45-20-28-7-5-9-30(23(28)2)31-10-6-8-29(24(31)3)21-46-35-16-14-27(18-33(35)39)19-40-25(4)37(43)44/h5-10,13-18,22,25,40H,11-12,19-21H2,1-4H3,(H,41,42)(H,43,44)/t22-,25+/m1/s1. The average Bonchev–Trinajstić information content (AvgIpc) is 3.02. The minimum Gasteiger partial charge on any atom is -0.488 e. The summed E-state index contributed by atoms with van der Waals surface area (Å²) in [6, 6.07) is 23.6. The molecule has 4 aromatic carbocycles. The van der Waals surface area contributed by atoms with E-state index >= 15 is 0 Å². The molecule has 0 fully saturated rings. The Hall–Kier alpha value is -3.66. The molecule has 0 saturated carbocycles. The highest BCUT2D eigenvalue weighted by Crippen LogP contribution is 2.33. The third-order valence-electron chi connectivity index (χ3n) is 8.21. The quantitative estimate of drug-likeness (QED) is 0.111. The van der Waals surface area contributed by atoms with Crippen molar-refractivity contribution < 1.29 is 29.3 Å². The van der Waals surface area contributed by atoms with Crippen molar-refractivity contribution in [3.05, 3.63) is 115 Å². The van der Waals surface area contributed by atoms with Gasteiger partial charge in [0.05, 0.1) is 14.9 Å². The zero-order valence-corrected chi connectivity index (χ0v) is 29.6. The van der Waals surface area contributed by atoms with Gasteiger partial charge < -0.3 is 25.0 Å². The van der Waals surface area contributed by atoms with E-state index in [2.05, 4.69) is 81.4 Å². The van der Waals surface area contributed by atoms with E-state index in [-0.39, 0.29) is 5.92 Å². The Balaban J connectivity index is 1.42. The summed E-state index contributed by atoms with van der Waals surface area (Å²) < 4.78 is 14.1. The molecule has 0 aliphatic rings. The summed E-state index contributed by atoms with van der Waals surface area (Å²) in [7, 11) is 0. The van der Waals surface area contributed by atoms with E-state index < -0.39 is 18.0 Å². The molecule has 0 unspecified atom stereocenters. The van der Waals surface area contributed by atoms with Gasteiger partial charge in [0.2, 0.25) is 0 Å². The number of rotatable bonds is 15. The van der Waals surface area contributed by atoms with Crippen LogP contribution < -0.4 is 14.8 Å². The number of carbonyl (C=O) groups is 2. The van der Waals surface area contributed by atoms with Gasteiger partial charge in [-0.2, -0.15) is 0 Å². The van der Waals surface area contributed by atoms with Gasteiger partial charge in [-0.3, -0.25) is 9.59 Å². The Morgan fingerprint density at radius 2 is 1.24 bits per heavy atom. The lowest BCUT2D eigenvalue weighted by Crippen LogP contribution is -2.33. The number of ether oxygens (including phenoxy) is 2. The molecule has 0 aliphatic heterocycles. The minimum absolute atomic E-state index is 0.382. The topological polar surface area (TPSA) is 105 Å². The van der Waals surface area contributed by atoms with Crippen molar-refractivity contribution in [1.29, 1.82) is 0 Å². The van der Waals surface area contributed by atoms with Crippen molar-refractivity contribution in [3.63, 3.8) is 0 Å². The molecule has 0 amide bonds. The van der Waals surface area contributed by atoms with Crippen LogP contribution in [0.15, 0.2) is 81.7 Å². The van der Waals surface area contributed by atoms with E-state index in [1.807, 2.05) is 42.5 Å². The van der Waals surface area contributed by atoms with Crippen LogP contribution in [0.25, 0.3) is 11.1 Å². The number of benzene rings is 4. The van der Waals surface area contributed by atoms with Crippen LogP contribution in [0.5, 0.6) is 11.5 Å². The number of hydrogen-bond acceptors (Lipinski definition) is 5. The lowest BCUT2D eigenvalue weighted by Gasteiger charge is -2.17. The molecule has 0 spiro atoms. The largest absolute Gasteiger partial charge is 0.488 e. The first-order valence-electron chi connectivity index (χ1n) is 15.1. The first kappa shape index (κ1) is 35.2. The molecular weight excluding hydrogens is 714 g/mol. The maximum atomic E-state index is 11.1. The van der Waals surface area contributed by atoms with Gasteiger partial charge in [0.25, 0.3) is 0 Å². The minimum atomic E-state index is -0.885. The summed E-state index contributed by atoms with van der Waals surface area (Å²) >= 11 is 7.22. The van der Waals surface area contributed by atoms with E-state index in [0.29, 0.717) is 38.3 Å². The van der Waals surface area contributed by atoms with E-state index in [4.69, 9.17) is 19.7 Å². The Labute approximate surface area is 287 Å². The third kappa shape index (κ3) is 9.21. The van der Waals surface area contributed by atoms with Crippen molar-refractivity contribution in [2.45, 2.75) is 66.3 Å². The molecule has 0 radical (unpaired) electrons. The number of nitrogens with one attached hydrogen (secondary N) is 1. The third-order valence-corrected chi connectivity index (χ3v) is 9.45. The lowest BCUT2D eigenvalue weighted by molar-refractivity contribution is -0.141. The number of aryl methyl sites for hydroxylation is 1. The Kier molecular flexibility index (Phi) is 12.4. The molecule has 242 valence electrons. The summed E-state index contributed by atoms with van der Waals surface area (Å²) in [5, 5.41) is 21.2. The Morgan fingerprint density at radius 1 is 0.739 bits per heavy atom. The molecular formula is C37H39Br2NO6. The number of halogens is 2. The highest BCUT2D eigenvalue weighted by atomic mass is 79.9. The predicted molar refractivity (Wildman–Crippen MR) is 187 cm³/mol. The van der Waals surface area contributed by atoms with Gasteiger partial charge in [0, 0.05) is 6.54 Å². The van der Waals surface area contributed by atoms with Crippen molar-refractivity contribution in [2.75, 3.05) is 0 Å². The molecule has 9 heteroatoms. The van der Waals surface area contributed by atoms with Crippen LogP contribution in [-0.2, 0) is 35.8 Å². The Morgan fingerprint density at radius 3 is 1.72 bits per heavy atom. The van der Waals surface area contributed by atoms with Crippen LogP contribution >= 0.6 is 31.9 Å². The smallest absolute Gasteiger partial charge is 0.320 e. The van der Waals surface area contributed by atoms with Gasteiger partial charge in [-0.1, -0.05) is 55.5 Å². The lowest BCUT2D eigenvalue weighted by atomic mass is 9.92. The van der Waals surface area contributed by atoms with Crippen molar-refractivity contribution >= 4 is 43.8 Å². The molecule has 2 atom stereocenters. The maximum Gasteiger partial charge on any atom is 0.320 e. The normalized spacial score (nSPS) is 12.4. The van der Waals surface area contributed by atoms with Crippen molar-refractivity contribution in [2.24, 2.45) is 5.92 Å². The van der Waals surface area contributed by atoms with Crippen LogP contribution in [-0.4, -0.2) is 28.2 Å². The molecule has 46 heavy (non-hydrogen) atoms. The van der Waals surface area contributed by atoms with Gasteiger partial charge in [-0.25, -0.2) is 0 Å². The molecule has 3 N–H and O–H groups in total. The molecule has 7 nitrogen and oxygen atoms in total. The van der Waals surface area contributed by atoms with E-state index in [1.54, 1.807) is 13.8 Å². The monoisotopic (exact) mass is 751 g/mol. The van der Waals surface area contributed by atoms with Gasteiger partial charge in [0.15, 0.2) is 0 Å². The number of hydrogen-bond donors (Lipinski definition) is 3. The van der Waals surface area contributed by atoms with Crippen LogP contribution in [0.2, 0.25) is 0 Å². The molecule has 0 bridgehead atoms. The fourth-order valence-electron chi connectivity index (χ4n) is 5.03. The van der Waals surface area contributed by atoms with Crippen molar-refractivity contribution in [1.82, 2.24) is 5.32 Å². The zero-order chi connectivity index (χ0) is 33.4. The van der Waals surface area contributed by atoms with Crippen LogP contribution in [0.1, 0.15) is 53.6 Å². The van der Waals surface area contributed by atoms with Crippen LogP contribution in [0.4, 0.5) is 0 Å². The molecule has 0 heterocycles. The van der Waals surface area contributed by atoms with E-state index in [1.165, 1.54) is 0 Å². The first-order valence-corrected chi connectivity index (χ1v) is 16.7. The fourth-order valence-corrected chi connectivity index (χ4v) is 6.11. The first-order chi connectivity index (χ1) is 21.9. The number of carboxylic acids is 2. The predicted octanol–water partition coefficient (Wildman–Crippen LogP) is 8.87. The molecule has 4 aromatic rings. The highest BCUT2D eigenvalue weighted by Gasteiger charge is 2.15. The second-order valence-electron chi connectivity index (χ2n) is 11.5. The van der Waals surface area contributed by atoms with Crippen LogP contribution in [0.3, 0.4) is 0 Å². The summed E-state index contributed by atoms with van der Waals surface area (Å²) in [6.07, 6.45) is 1.27. The van der Waals surface area contributed by atoms with Crippen LogP contribution in [0, 0.1) is 19.8 Å². The molecule has 0 saturated heterocycles. The zero-order valence-electron chi connectivity index (χ0n) is 26.4. The molecule has 0 aliphatic carbocycles. The number of aliphatic carboxylic acids is 2. The SMILES string of the molecule is Cc1c(COc2ccc(CC[C@@H](C)C(=O)O)cc2Br)cccc1-c1cccc(COc2ccc(CN[C@@H](C)C(=O)O)cc2Br)c1C. The summed E-state index contributed by atoms with van der Waals surface area (Å²) in [5.74, 6) is -0.593. The Bertz CT molecular complexity index is 1580. The number of carboxylic acid groups (broad SMARTS) is 2. The molecule has 4 rings (SSSR count). The second-order valence-corrected chi connectivity index (χ2v) is 13.2. The molecule has 0 aromatic heterocycles. The van der Waals surface area contributed by atoms with E-state index in [9.17, 15) is 9.59 Å². The van der Waals surface area contributed by atoms with Gasteiger partial charge in [-0.15, -0.1) is 0 Å². The summed E-state index contributed by atoms with van der Waals surface area (Å²) in [6.45, 7) is 8.81. The maximum absolute atomic E-state index is 11.1. The van der Waals surface area contributed by atoms with Crippen molar-refractivity contribution in [3.8, 4) is 22.6 Å². The fraction of sp³-hybridized carbons (Fsp3) is 0.297. The van der Waals surface area contributed by atoms with Gasteiger partial charge in [-0.05, 0) is 134 Å². The van der Waals surface area contributed by atoms with Gasteiger partial charge >= 0.3 is 11.9 Å². The average molecular weight is 754 g/mol. The highest BCUT2D eigenvalue weighted by molar-refractivity contribution is 9.10. The second kappa shape index (κ2) is 16.3.